The Morgan fingerprint density at radius 3 is 2.39 bits per heavy atom. The number of aromatic nitrogens is 4. The van der Waals surface area contributed by atoms with Crippen LogP contribution in [0.15, 0.2) is 12.4 Å². The van der Waals surface area contributed by atoms with Crippen LogP contribution in [0, 0.1) is 11.8 Å². The molecule has 0 bridgehead atoms. The lowest BCUT2D eigenvalue weighted by atomic mass is 9.79. The molecule has 2 saturated carbocycles. The van der Waals surface area contributed by atoms with E-state index in [1.54, 1.807) is 10.8 Å². The van der Waals surface area contributed by atoms with Crippen LogP contribution >= 0.6 is 0 Å². The minimum absolute atomic E-state index is 0.439. The standard InChI is InChI=1S/C16H21N5O2/c22-14-3-10-6-20(7-11(10)4-15(14)23)13-5-12(9-1-2-9)19-21-8-17-18-16(13)21/h5,8-11,14-15,22-23H,1-4,6-7H2/t10-,11+,14-,15-/m0/s1. The van der Waals surface area contributed by atoms with Gasteiger partial charge in [0, 0.05) is 19.0 Å². The molecule has 122 valence electrons. The molecule has 1 aliphatic heterocycles. The van der Waals surface area contributed by atoms with Gasteiger partial charge in [0.15, 0.2) is 0 Å². The van der Waals surface area contributed by atoms with Gasteiger partial charge in [-0.3, -0.25) is 0 Å². The van der Waals surface area contributed by atoms with Crippen LogP contribution in [0.25, 0.3) is 5.65 Å². The molecule has 2 aromatic rings. The van der Waals surface area contributed by atoms with E-state index in [1.165, 1.54) is 12.8 Å². The van der Waals surface area contributed by atoms with Crippen molar-refractivity contribution >= 4 is 11.3 Å². The molecular weight excluding hydrogens is 294 g/mol. The molecule has 2 aromatic heterocycles. The van der Waals surface area contributed by atoms with Gasteiger partial charge in [-0.1, -0.05) is 0 Å². The van der Waals surface area contributed by atoms with E-state index in [9.17, 15) is 10.2 Å². The van der Waals surface area contributed by atoms with E-state index in [0.717, 1.165) is 30.1 Å². The summed E-state index contributed by atoms with van der Waals surface area (Å²) in [6, 6.07) is 2.17. The summed E-state index contributed by atoms with van der Waals surface area (Å²) in [5.74, 6) is 1.46. The average Bonchev–Trinajstić information content (AvgIpc) is 3.14. The number of aliphatic hydroxyl groups is 2. The fraction of sp³-hybridized carbons (Fsp3) is 0.688. The van der Waals surface area contributed by atoms with Crippen molar-refractivity contribution < 1.29 is 10.2 Å². The Labute approximate surface area is 133 Å². The Balaban J connectivity index is 1.50. The number of hydrogen-bond acceptors (Lipinski definition) is 6. The van der Waals surface area contributed by atoms with Crippen LogP contribution in [0.1, 0.15) is 37.3 Å². The van der Waals surface area contributed by atoms with Crippen molar-refractivity contribution in [3.05, 3.63) is 18.1 Å². The number of nitrogens with zero attached hydrogens (tertiary/aromatic N) is 5. The third kappa shape index (κ3) is 2.21. The van der Waals surface area contributed by atoms with Crippen molar-refractivity contribution in [2.75, 3.05) is 18.0 Å². The van der Waals surface area contributed by atoms with Crippen molar-refractivity contribution in [2.45, 2.75) is 43.8 Å². The van der Waals surface area contributed by atoms with Gasteiger partial charge in [-0.2, -0.15) is 9.61 Å². The van der Waals surface area contributed by atoms with E-state index in [2.05, 4.69) is 26.3 Å². The average molecular weight is 315 g/mol. The lowest BCUT2D eigenvalue weighted by Crippen LogP contribution is -2.38. The molecule has 4 atom stereocenters. The number of aliphatic hydroxyl groups excluding tert-OH is 2. The molecule has 0 aromatic carbocycles. The summed E-state index contributed by atoms with van der Waals surface area (Å²) < 4.78 is 1.79. The largest absolute Gasteiger partial charge is 0.390 e. The molecule has 3 fully saturated rings. The maximum atomic E-state index is 9.94. The van der Waals surface area contributed by atoms with E-state index in [-0.39, 0.29) is 0 Å². The third-order valence-corrected chi connectivity index (χ3v) is 5.71. The van der Waals surface area contributed by atoms with E-state index in [0.29, 0.717) is 30.6 Å². The molecule has 2 aliphatic carbocycles. The molecule has 7 nitrogen and oxygen atoms in total. The van der Waals surface area contributed by atoms with Crippen LogP contribution in [0.3, 0.4) is 0 Å². The Morgan fingerprint density at radius 2 is 1.74 bits per heavy atom. The molecule has 2 N–H and O–H groups in total. The summed E-state index contributed by atoms with van der Waals surface area (Å²) >= 11 is 0. The predicted octanol–water partition coefficient (Wildman–Crippen LogP) is 0.570. The summed E-state index contributed by atoms with van der Waals surface area (Å²) in [6.07, 6.45) is 4.31. The first-order chi connectivity index (χ1) is 11.2. The van der Waals surface area contributed by atoms with Gasteiger partial charge in [0.25, 0.3) is 0 Å². The minimum atomic E-state index is -0.580. The summed E-state index contributed by atoms with van der Waals surface area (Å²) in [7, 11) is 0. The van der Waals surface area contributed by atoms with Crippen LogP contribution in [0.5, 0.6) is 0 Å². The van der Waals surface area contributed by atoms with Gasteiger partial charge in [-0.05, 0) is 43.6 Å². The van der Waals surface area contributed by atoms with Crippen LogP contribution in [0.2, 0.25) is 0 Å². The van der Waals surface area contributed by atoms with Crippen molar-refractivity contribution in [1.82, 2.24) is 19.8 Å². The minimum Gasteiger partial charge on any atom is -0.390 e. The molecule has 0 amide bonds. The van der Waals surface area contributed by atoms with Gasteiger partial charge in [0.05, 0.1) is 23.6 Å². The van der Waals surface area contributed by atoms with Crippen LogP contribution in [0.4, 0.5) is 5.69 Å². The smallest absolute Gasteiger partial charge is 0.200 e. The number of anilines is 1. The number of rotatable bonds is 2. The summed E-state index contributed by atoms with van der Waals surface area (Å²) in [5.41, 5.74) is 3.02. The first-order valence-electron chi connectivity index (χ1n) is 8.51. The van der Waals surface area contributed by atoms with Gasteiger partial charge in [-0.15, -0.1) is 10.2 Å². The summed E-state index contributed by atoms with van der Waals surface area (Å²) in [5, 5.41) is 32.8. The Hall–Kier alpha value is -1.73. The second kappa shape index (κ2) is 4.88. The highest BCUT2D eigenvalue weighted by atomic mass is 16.3. The fourth-order valence-corrected chi connectivity index (χ4v) is 4.24. The Morgan fingerprint density at radius 1 is 1.04 bits per heavy atom. The normalized spacial score (nSPS) is 34.1. The topological polar surface area (TPSA) is 86.8 Å². The third-order valence-electron chi connectivity index (χ3n) is 5.71. The molecule has 23 heavy (non-hydrogen) atoms. The van der Waals surface area contributed by atoms with Crippen molar-refractivity contribution in [3.8, 4) is 0 Å². The maximum absolute atomic E-state index is 9.94. The van der Waals surface area contributed by atoms with Crippen LogP contribution in [-0.4, -0.2) is 55.3 Å². The van der Waals surface area contributed by atoms with Crippen LogP contribution in [-0.2, 0) is 0 Å². The van der Waals surface area contributed by atoms with Gasteiger partial charge in [-0.25, -0.2) is 0 Å². The highest BCUT2D eigenvalue weighted by Crippen LogP contribution is 2.42. The first-order valence-corrected chi connectivity index (χ1v) is 8.51. The molecule has 0 unspecified atom stereocenters. The SMILES string of the molecule is O[C@H]1C[C@@H]2CN(c3cc(C4CC4)nn4cnnc34)C[C@@H]2C[C@@H]1O. The fourth-order valence-electron chi connectivity index (χ4n) is 4.24. The zero-order valence-corrected chi connectivity index (χ0v) is 12.9. The van der Waals surface area contributed by atoms with Gasteiger partial charge >= 0.3 is 0 Å². The van der Waals surface area contributed by atoms with Gasteiger partial charge < -0.3 is 15.1 Å². The van der Waals surface area contributed by atoms with Crippen LogP contribution < -0.4 is 4.90 Å². The van der Waals surface area contributed by atoms with Gasteiger partial charge in [0.1, 0.15) is 6.33 Å². The highest BCUT2D eigenvalue weighted by molar-refractivity contribution is 5.69. The molecule has 7 heteroatoms. The molecule has 3 aliphatic rings. The molecule has 0 spiro atoms. The zero-order valence-electron chi connectivity index (χ0n) is 12.9. The monoisotopic (exact) mass is 315 g/mol. The van der Waals surface area contributed by atoms with E-state index in [1.807, 2.05) is 0 Å². The van der Waals surface area contributed by atoms with Crippen molar-refractivity contribution in [3.63, 3.8) is 0 Å². The lowest BCUT2D eigenvalue weighted by Gasteiger charge is -2.31. The van der Waals surface area contributed by atoms with Gasteiger partial charge in [0.2, 0.25) is 5.65 Å². The Kier molecular flexibility index (Phi) is 2.90. The maximum Gasteiger partial charge on any atom is 0.200 e. The molecule has 1 saturated heterocycles. The van der Waals surface area contributed by atoms with Crippen molar-refractivity contribution in [1.29, 1.82) is 0 Å². The molecular formula is C16H21N5O2. The highest BCUT2D eigenvalue weighted by Gasteiger charge is 2.42. The second-order valence-electron chi connectivity index (χ2n) is 7.36. The quantitative estimate of drug-likeness (QED) is 0.842. The zero-order chi connectivity index (χ0) is 15.6. The first kappa shape index (κ1) is 13.7. The Bertz CT molecular complexity index is 725. The number of hydrogen-bond donors (Lipinski definition) is 2. The predicted molar refractivity (Wildman–Crippen MR) is 83.2 cm³/mol. The second-order valence-corrected chi connectivity index (χ2v) is 7.36. The molecule has 5 rings (SSSR count). The number of fused-ring (bicyclic) bond motifs is 2. The lowest BCUT2D eigenvalue weighted by molar-refractivity contribution is -0.0372. The molecule has 0 radical (unpaired) electrons. The van der Waals surface area contributed by atoms with E-state index in [4.69, 9.17) is 0 Å². The summed E-state index contributed by atoms with van der Waals surface area (Å²) in [6.45, 7) is 1.82. The van der Waals surface area contributed by atoms with E-state index < -0.39 is 12.2 Å². The van der Waals surface area contributed by atoms with E-state index >= 15 is 0 Å². The molecule has 3 heterocycles. The van der Waals surface area contributed by atoms with Crippen molar-refractivity contribution in [2.24, 2.45) is 11.8 Å². The summed E-state index contributed by atoms with van der Waals surface area (Å²) in [4.78, 5) is 2.34.